The van der Waals surface area contributed by atoms with Crippen LogP contribution >= 0.6 is 23.1 Å². The third-order valence-corrected chi connectivity index (χ3v) is 5.41. The maximum absolute atomic E-state index is 12.5. The maximum Gasteiger partial charge on any atom is 0.262 e. The minimum absolute atomic E-state index is 0.00892. The summed E-state index contributed by atoms with van der Waals surface area (Å²) in [7, 11) is 4.08. The number of hydrogen-bond donors (Lipinski definition) is 1. The highest BCUT2D eigenvalue weighted by Crippen LogP contribution is 2.27. The van der Waals surface area contributed by atoms with Crippen LogP contribution in [0.5, 0.6) is 0 Å². The quantitative estimate of drug-likeness (QED) is 0.814. The van der Waals surface area contributed by atoms with Gasteiger partial charge in [-0.15, -0.1) is 23.1 Å². The van der Waals surface area contributed by atoms with Crippen molar-refractivity contribution < 1.29 is 4.79 Å². The number of hydrogen-bond acceptors (Lipinski definition) is 4. The van der Waals surface area contributed by atoms with Gasteiger partial charge in [0.15, 0.2) is 0 Å². The van der Waals surface area contributed by atoms with E-state index in [0.29, 0.717) is 0 Å². The predicted molar refractivity (Wildman–Crippen MR) is 95.9 cm³/mol. The van der Waals surface area contributed by atoms with Gasteiger partial charge in [0, 0.05) is 10.9 Å². The van der Waals surface area contributed by atoms with Crippen LogP contribution in [0.3, 0.4) is 0 Å². The van der Waals surface area contributed by atoms with E-state index in [1.165, 1.54) is 16.9 Å². The number of thioether (sulfide) groups is 1. The molecule has 2 aromatic rings. The highest BCUT2D eigenvalue weighted by molar-refractivity contribution is 7.98. The molecule has 0 aliphatic carbocycles. The number of nitrogens with one attached hydrogen (secondary N) is 1. The third kappa shape index (κ3) is 3.91. The number of benzene rings is 1. The lowest BCUT2D eigenvalue weighted by Crippen LogP contribution is -2.42. The number of amides is 1. The third-order valence-electron chi connectivity index (χ3n) is 3.59. The second-order valence-corrected chi connectivity index (χ2v) is 7.16. The SMILES string of the molecule is CSc1ccsc1C(=O)N[C@H](C)[C@@H](c1ccccc1)N(C)C. The summed E-state index contributed by atoms with van der Waals surface area (Å²) in [6, 6.07) is 12.4. The molecule has 2 atom stereocenters. The first kappa shape index (κ1) is 17.1. The number of carbonyl (C=O) groups is 1. The molecule has 0 radical (unpaired) electrons. The van der Waals surface area contributed by atoms with Gasteiger partial charge in [0.25, 0.3) is 5.91 Å². The lowest BCUT2D eigenvalue weighted by Gasteiger charge is -2.31. The summed E-state index contributed by atoms with van der Waals surface area (Å²) < 4.78 is 0. The monoisotopic (exact) mass is 334 g/mol. The molecular weight excluding hydrogens is 312 g/mol. The van der Waals surface area contributed by atoms with Crippen LogP contribution in [0.1, 0.15) is 28.2 Å². The van der Waals surface area contributed by atoms with Crippen LogP contribution < -0.4 is 5.32 Å². The Hall–Kier alpha value is -1.30. The van der Waals surface area contributed by atoms with Crippen molar-refractivity contribution in [1.29, 1.82) is 0 Å². The standard InChI is InChI=1S/C17H22N2OS2/c1-12(15(19(2)3)13-8-6-5-7-9-13)18-17(20)16-14(21-4)10-11-22-16/h5-12,15H,1-4H3,(H,18,20)/t12-,15+/m1/s1. The fourth-order valence-electron chi connectivity index (χ4n) is 2.66. The molecule has 0 saturated carbocycles. The molecule has 2 rings (SSSR count). The largest absolute Gasteiger partial charge is 0.347 e. The Kier molecular flexibility index (Phi) is 6.06. The number of carbonyl (C=O) groups excluding carboxylic acids is 1. The first-order valence-corrected chi connectivity index (χ1v) is 9.28. The summed E-state index contributed by atoms with van der Waals surface area (Å²) in [5, 5.41) is 5.12. The Morgan fingerprint density at radius 3 is 2.50 bits per heavy atom. The van der Waals surface area contributed by atoms with E-state index in [4.69, 9.17) is 0 Å². The van der Waals surface area contributed by atoms with E-state index >= 15 is 0 Å². The van der Waals surface area contributed by atoms with Gasteiger partial charge in [-0.2, -0.15) is 0 Å². The molecule has 0 aliphatic heterocycles. The molecule has 1 amide bonds. The molecule has 0 aliphatic rings. The second kappa shape index (κ2) is 7.81. The average Bonchev–Trinajstić information content (AvgIpc) is 2.96. The van der Waals surface area contributed by atoms with Crippen molar-refractivity contribution in [3.05, 3.63) is 52.2 Å². The minimum atomic E-state index is 0.00892. The van der Waals surface area contributed by atoms with E-state index in [1.54, 1.807) is 11.8 Å². The zero-order chi connectivity index (χ0) is 16.1. The second-order valence-electron chi connectivity index (χ2n) is 5.40. The van der Waals surface area contributed by atoms with Crippen molar-refractivity contribution in [2.75, 3.05) is 20.4 Å². The van der Waals surface area contributed by atoms with E-state index in [-0.39, 0.29) is 18.0 Å². The van der Waals surface area contributed by atoms with Gasteiger partial charge in [-0.25, -0.2) is 0 Å². The van der Waals surface area contributed by atoms with Crippen molar-refractivity contribution >= 4 is 29.0 Å². The van der Waals surface area contributed by atoms with Crippen molar-refractivity contribution in [3.63, 3.8) is 0 Å². The van der Waals surface area contributed by atoms with Crippen LogP contribution in [0.4, 0.5) is 0 Å². The highest BCUT2D eigenvalue weighted by atomic mass is 32.2. The lowest BCUT2D eigenvalue weighted by atomic mass is 9.99. The van der Waals surface area contributed by atoms with E-state index < -0.39 is 0 Å². The molecule has 0 fully saturated rings. The van der Waals surface area contributed by atoms with Crippen LogP contribution in [0.15, 0.2) is 46.7 Å². The topological polar surface area (TPSA) is 32.3 Å². The normalized spacial score (nSPS) is 13.9. The maximum atomic E-state index is 12.5. The van der Waals surface area contributed by atoms with Crippen LogP contribution in [0, 0.1) is 0 Å². The molecule has 0 bridgehead atoms. The van der Waals surface area contributed by atoms with E-state index in [0.717, 1.165) is 9.77 Å². The summed E-state index contributed by atoms with van der Waals surface area (Å²) in [6.07, 6.45) is 1.99. The van der Waals surface area contributed by atoms with Crippen LogP contribution in [0.2, 0.25) is 0 Å². The fraction of sp³-hybridized carbons (Fsp3) is 0.353. The first-order valence-electron chi connectivity index (χ1n) is 7.18. The van der Waals surface area contributed by atoms with Gasteiger partial charge in [-0.1, -0.05) is 30.3 Å². The number of rotatable bonds is 6. The Bertz CT molecular complexity index is 610. The van der Waals surface area contributed by atoms with E-state index in [9.17, 15) is 4.79 Å². The molecule has 1 aromatic carbocycles. The van der Waals surface area contributed by atoms with Crippen molar-refractivity contribution in [2.45, 2.75) is 23.9 Å². The van der Waals surface area contributed by atoms with E-state index in [2.05, 4.69) is 29.3 Å². The van der Waals surface area contributed by atoms with Gasteiger partial charge >= 0.3 is 0 Å². The zero-order valence-electron chi connectivity index (χ0n) is 13.4. The van der Waals surface area contributed by atoms with Gasteiger partial charge in [0.05, 0.1) is 6.04 Å². The molecule has 1 aromatic heterocycles. The first-order chi connectivity index (χ1) is 10.5. The molecule has 22 heavy (non-hydrogen) atoms. The van der Waals surface area contributed by atoms with Gasteiger partial charge in [-0.05, 0) is 44.3 Å². The van der Waals surface area contributed by atoms with Gasteiger partial charge in [-0.3, -0.25) is 4.79 Å². The lowest BCUT2D eigenvalue weighted by molar-refractivity contribution is 0.0917. The zero-order valence-corrected chi connectivity index (χ0v) is 15.0. The van der Waals surface area contributed by atoms with Crippen LogP contribution in [-0.4, -0.2) is 37.2 Å². The van der Waals surface area contributed by atoms with Gasteiger partial charge in [0.1, 0.15) is 4.88 Å². The molecule has 1 N–H and O–H groups in total. The molecule has 0 unspecified atom stereocenters. The molecular formula is C17H22N2OS2. The number of nitrogens with zero attached hydrogens (tertiary/aromatic N) is 1. The van der Waals surface area contributed by atoms with Crippen LogP contribution in [-0.2, 0) is 0 Å². The Morgan fingerprint density at radius 1 is 1.23 bits per heavy atom. The van der Waals surface area contributed by atoms with Crippen molar-refractivity contribution in [2.24, 2.45) is 0 Å². The smallest absolute Gasteiger partial charge is 0.262 e. The summed E-state index contributed by atoms with van der Waals surface area (Å²) >= 11 is 3.10. The Balaban J connectivity index is 2.15. The predicted octanol–water partition coefficient (Wildman–Crippen LogP) is 3.89. The molecule has 118 valence electrons. The molecule has 0 saturated heterocycles. The fourth-order valence-corrected chi connectivity index (χ4v) is 4.31. The average molecular weight is 335 g/mol. The van der Waals surface area contributed by atoms with Gasteiger partial charge in [0.2, 0.25) is 0 Å². The molecule has 1 heterocycles. The summed E-state index contributed by atoms with van der Waals surface area (Å²) in [4.78, 5) is 16.5. The number of thiophene rings is 1. The molecule has 0 spiro atoms. The highest BCUT2D eigenvalue weighted by Gasteiger charge is 2.24. The summed E-state index contributed by atoms with van der Waals surface area (Å²) in [6.45, 7) is 2.06. The summed E-state index contributed by atoms with van der Waals surface area (Å²) in [5.74, 6) is 0.00892. The molecule has 3 nitrogen and oxygen atoms in total. The number of likely N-dealkylation sites (N-methyl/N-ethyl adjacent to an activating group) is 1. The molecule has 5 heteroatoms. The minimum Gasteiger partial charge on any atom is -0.347 e. The summed E-state index contributed by atoms with van der Waals surface area (Å²) in [5.41, 5.74) is 1.21. The van der Waals surface area contributed by atoms with E-state index in [1.807, 2.05) is 50.0 Å². The van der Waals surface area contributed by atoms with Crippen LogP contribution in [0.25, 0.3) is 0 Å². The van der Waals surface area contributed by atoms with Crippen molar-refractivity contribution in [1.82, 2.24) is 10.2 Å². The Morgan fingerprint density at radius 2 is 1.91 bits per heavy atom. The van der Waals surface area contributed by atoms with Gasteiger partial charge < -0.3 is 10.2 Å². The van der Waals surface area contributed by atoms with Crippen molar-refractivity contribution in [3.8, 4) is 0 Å². The Labute approximate surface area is 140 Å².